The first-order valence-electron chi connectivity index (χ1n) is 6.94. The first-order valence-corrected chi connectivity index (χ1v) is 7.32. The Morgan fingerprint density at radius 2 is 1.73 bits per heavy atom. The molecule has 0 amide bonds. The summed E-state index contributed by atoms with van der Waals surface area (Å²) in [6.45, 7) is 6.25. The fourth-order valence-electron chi connectivity index (χ4n) is 2.11. The van der Waals surface area contributed by atoms with Crippen LogP contribution in [-0.4, -0.2) is 25.5 Å². The van der Waals surface area contributed by atoms with Gasteiger partial charge in [-0.3, -0.25) is 9.97 Å². The molecule has 5 nitrogen and oxygen atoms in total. The summed E-state index contributed by atoms with van der Waals surface area (Å²) in [5.74, 6) is 1.32. The van der Waals surface area contributed by atoms with Crippen LogP contribution in [0.15, 0.2) is 36.9 Å². The van der Waals surface area contributed by atoms with Crippen LogP contribution in [0.5, 0.6) is 0 Å². The summed E-state index contributed by atoms with van der Waals surface area (Å²) in [4.78, 5) is 17.4. The zero-order valence-corrected chi connectivity index (χ0v) is 13.4. The molecule has 0 aliphatic rings. The second-order valence-corrected chi connectivity index (χ2v) is 6.43. The number of pyridine rings is 2. The second kappa shape index (κ2) is 5.50. The van der Waals surface area contributed by atoms with Crippen LogP contribution >= 0.6 is 11.6 Å². The fraction of sp³-hybridized carbons (Fsp3) is 0.250. The monoisotopic (exact) mass is 313 g/mol. The third-order valence-corrected chi connectivity index (χ3v) is 3.31. The van der Waals surface area contributed by atoms with Gasteiger partial charge in [0, 0.05) is 35.1 Å². The van der Waals surface area contributed by atoms with Gasteiger partial charge in [-0.25, -0.2) is 9.97 Å². The Bertz CT molecular complexity index is 826. The molecule has 0 spiro atoms. The van der Waals surface area contributed by atoms with E-state index >= 15 is 0 Å². The molecule has 0 aliphatic carbocycles. The van der Waals surface area contributed by atoms with E-state index in [4.69, 9.17) is 11.6 Å². The average Bonchev–Trinajstić information content (AvgIpc) is 2.46. The summed E-state index contributed by atoms with van der Waals surface area (Å²) in [7, 11) is 0. The molecular weight excluding hydrogens is 298 g/mol. The molecule has 0 fully saturated rings. The maximum Gasteiger partial charge on any atom is 0.163 e. The Labute approximate surface area is 133 Å². The number of nitrogens with one attached hydrogen (secondary N) is 1. The van der Waals surface area contributed by atoms with E-state index in [0.717, 1.165) is 22.3 Å². The van der Waals surface area contributed by atoms with Crippen LogP contribution in [0.4, 0.5) is 5.82 Å². The molecule has 3 aromatic rings. The van der Waals surface area contributed by atoms with Crippen molar-refractivity contribution in [2.24, 2.45) is 0 Å². The maximum absolute atomic E-state index is 6.22. The molecule has 1 N–H and O–H groups in total. The summed E-state index contributed by atoms with van der Waals surface area (Å²) in [6.07, 6.45) is 6.72. The van der Waals surface area contributed by atoms with Gasteiger partial charge in [0.05, 0.1) is 16.7 Å². The van der Waals surface area contributed by atoms with Crippen molar-refractivity contribution in [3.63, 3.8) is 0 Å². The molecule has 22 heavy (non-hydrogen) atoms. The van der Waals surface area contributed by atoms with Crippen molar-refractivity contribution >= 4 is 28.3 Å². The van der Waals surface area contributed by atoms with Crippen molar-refractivity contribution in [1.29, 1.82) is 0 Å². The molecule has 6 heteroatoms. The van der Waals surface area contributed by atoms with E-state index in [9.17, 15) is 0 Å². The second-order valence-electron chi connectivity index (χ2n) is 6.02. The Balaban J connectivity index is 2.23. The summed E-state index contributed by atoms with van der Waals surface area (Å²) >= 11 is 6.22. The van der Waals surface area contributed by atoms with E-state index in [1.54, 1.807) is 30.9 Å². The van der Waals surface area contributed by atoms with E-state index in [0.29, 0.717) is 10.8 Å². The molecule has 0 unspecified atom stereocenters. The number of hydrogen-bond acceptors (Lipinski definition) is 5. The molecule has 3 aromatic heterocycles. The van der Waals surface area contributed by atoms with E-state index in [1.165, 1.54) is 0 Å². The zero-order chi connectivity index (χ0) is 15.7. The van der Waals surface area contributed by atoms with Crippen LogP contribution in [0.1, 0.15) is 20.8 Å². The largest absolute Gasteiger partial charge is 0.365 e. The van der Waals surface area contributed by atoms with E-state index in [1.807, 2.05) is 6.07 Å². The number of halogens is 1. The van der Waals surface area contributed by atoms with Crippen LogP contribution in [0.3, 0.4) is 0 Å². The van der Waals surface area contributed by atoms with Gasteiger partial charge in [-0.15, -0.1) is 0 Å². The van der Waals surface area contributed by atoms with E-state index in [2.05, 4.69) is 46.0 Å². The Morgan fingerprint density at radius 3 is 2.45 bits per heavy atom. The average molecular weight is 314 g/mol. The predicted molar refractivity (Wildman–Crippen MR) is 88.9 cm³/mol. The smallest absolute Gasteiger partial charge is 0.163 e. The van der Waals surface area contributed by atoms with Gasteiger partial charge < -0.3 is 5.32 Å². The highest BCUT2D eigenvalue weighted by molar-refractivity contribution is 6.33. The van der Waals surface area contributed by atoms with Gasteiger partial charge in [-0.05, 0) is 32.9 Å². The molecule has 0 aromatic carbocycles. The highest BCUT2D eigenvalue weighted by Gasteiger charge is 2.16. The number of anilines is 1. The molecule has 0 radical (unpaired) electrons. The molecule has 3 heterocycles. The predicted octanol–water partition coefficient (Wildman–Crippen LogP) is 3.95. The van der Waals surface area contributed by atoms with Gasteiger partial charge in [0.15, 0.2) is 5.82 Å². The van der Waals surface area contributed by atoms with Gasteiger partial charge in [0.25, 0.3) is 0 Å². The molecule has 0 saturated carbocycles. The lowest BCUT2D eigenvalue weighted by Crippen LogP contribution is -2.27. The topological polar surface area (TPSA) is 63.6 Å². The molecular formula is C16H16ClN5. The van der Waals surface area contributed by atoms with Gasteiger partial charge in [0.1, 0.15) is 5.82 Å². The summed E-state index contributed by atoms with van der Waals surface area (Å²) in [5.41, 5.74) is 1.40. The van der Waals surface area contributed by atoms with Crippen molar-refractivity contribution in [2.75, 3.05) is 5.32 Å². The third-order valence-electron chi connectivity index (χ3n) is 3.01. The Hall–Kier alpha value is -2.27. The SMILES string of the molecule is CC(C)(C)Nc1nc(-c2ccncc2Cl)nc2cnccc12. The van der Waals surface area contributed by atoms with E-state index < -0.39 is 0 Å². The zero-order valence-electron chi connectivity index (χ0n) is 12.6. The highest BCUT2D eigenvalue weighted by atomic mass is 35.5. The quantitative estimate of drug-likeness (QED) is 0.776. The summed E-state index contributed by atoms with van der Waals surface area (Å²) in [6, 6.07) is 3.71. The minimum Gasteiger partial charge on any atom is -0.365 e. The normalized spacial score (nSPS) is 11.6. The Morgan fingerprint density at radius 1 is 1.00 bits per heavy atom. The lowest BCUT2D eigenvalue weighted by atomic mass is 10.1. The summed E-state index contributed by atoms with van der Waals surface area (Å²) in [5, 5.41) is 4.87. The fourth-order valence-corrected chi connectivity index (χ4v) is 2.31. The maximum atomic E-state index is 6.22. The van der Waals surface area contributed by atoms with Gasteiger partial charge in [-0.1, -0.05) is 11.6 Å². The first-order chi connectivity index (χ1) is 10.4. The standard InChI is InChI=1S/C16H16ClN5/c1-16(2,3)22-15-11-5-7-19-9-13(11)20-14(21-15)10-4-6-18-8-12(10)17/h4-9H,1-3H3,(H,20,21,22). The number of fused-ring (bicyclic) bond motifs is 1. The molecule has 0 saturated heterocycles. The van der Waals surface area contributed by atoms with Crippen molar-refractivity contribution < 1.29 is 0 Å². The van der Waals surface area contributed by atoms with Crippen molar-refractivity contribution in [1.82, 2.24) is 19.9 Å². The highest BCUT2D eigenvalue weighted by Crippen LogP contribution is 2.29. The van der Waals surface area contributed by atoms with Crippen molar-refractivity contribution in [3.05, 3.63) is 41.9 Å². The molecule has 0 atom stereocenters. The number of hydrogen-bond donors (Lipinski definition) is 1. The van der Waals surface area contributed by atoms with Gasteiger partial charge in [0.2, 0.25) is 0 Å². The van der Waals surface area contributed by atoms with Gasteiger partial charge in [-0.2, -0.15) is 0 Å². The van der Waals surface area contributed by atoms with Crippen LogP contribution in [0, 0.1) is 0 Å². The summed E-state index contributed by atoms with van der Waals surface area (Å²) < 4.78 is 0. The molecule has 0 aliphatic heterocycles. The number of rotatable bonds is 2. The molecule has 0 bridgehead atoms. The van der Waals surface area contributed by atoms with E-state index in [-0.39, 0.29) is 5.54 Å². The number of nitrogens with zero attached hydrogens (tertiary/aromatic N) is 4. The van der Waals surface area contributed by atoms with Crippen LogP contribution in [-0.2, 0) is 0 Å². The van der Waals surface area contributed by atoms with Crippen LogP contribution in [0.25, 0.3) is 22.3 Å². The lowest BCUT2D eigenvalue weighted by molar-refractivity contribution is 0.631. The lowest BCUT2D eigenvalue weighted by Gasteiger charge is -2.22. The molecule has 3 rings (SSSR count). The Kier molecular flexibility index (Phi) is 3.66. The minimum absolute atomic E-state index is 0.121. The first kappa shape index (κ1) is 14.7. The molecule has 112 valence electrons. The van der Waals surface area contributed by atoms with Crippen molar-refractivity contribution in [2.45, 2.75) is 26.3 Å². The third kappa shape index (κ3) is 2.99. The van der Waals surface area contributed by atoms with Gasteiger partial charge >= 0.3 is 0 Å². The van der Waals surface area contributed by atoms with Crippen molar-refractivity contribution in [3.8, 4) is 11.4 Å². The van der Waals surface area contributed by atoms with Crippen LogP contribution < -0.4 is 5.32 Å². The van der Waals surface area contributed by atoms with Crippen LogP contribution in [0.2, 0.25) is 5.02 Å². The minimum atomic E-state index is -0.121. The number of aromatic nitrogens is 4.